The highest BCUT2D eigenvalue weighted by Gasteiger charge is 2.31. The van der Waals surface area contributed by atoms with Gasteiger partial charge >= 0.3 is 6.18 Å². The van der Waals surface area contributed by atoms with Gasteiger partial charge < -0.3 is 16.2 Å². The van der Waals surface area contributed by atoms with Crippen molar-refractivity contribution in [2.24, 2.45) is 5.73 Å². The molecule has 4 nitrogen and oxygen atoms in total. The zero-order chi connectivity index (χ0) is 15.3. The first-order valence-electron chi connectivity index (χ1n) is 6.12. The number of nitrogens with two attached hydrogens (primary N) is 1. The van der Waals surface area contributed by atoms with Crippen LogP contribution >= 0.6 is 0 Å². The molecule has 1 aromatic carbocycles. The SMILES string of the molecule is CC(=O)Nc1ccc(C(F)(F)F)cc1C(O)CCCN. The molecule has 0 saturated carbocycles. The molecule has 0 fully saturated rings. The fourth-order valence-corrected chi connectivity index (χ4v) is 1.78. The van der Waals surface area contributed by atoms with Gasteiger partial charge in [-0.05, 0) is 37.6 Å². The van der Waals surface area contributed by atoms with Crippen molar-refractivity contribution >= 4 is 11.6 Å². The Balaban J connectivity index is 3.15. The van der Waals surface area contributed by atoms with E-state index in [0.29, 0.717) is 13.0 Å². The summed E-state index contributed by atoms with van der Waals surface area (Å²) in [6.07, 6.45) is -4.92. The molecule has 0 aliphatic rings. The third-order valence-corrected chi connectivity index (χ3v) is 2.73. The number of carbonyl (C=O) groups is 1. The molecule has 112 valence electrons. The van der Waals surface area contributed by atoms with Gasteiger partial charge in [-0.25, -0.2) is 0 Å². The molecule has 0 spiro atoms. The molecule has 0 aliphatic carbocycles. The van der Waals surface area contributed by atoms with E-state index >= 15 is 0 Å². The molecule has 0 heterocycles. The molecule has 20 heavy (non-hydrogen) atoms. The van der Waals surface area contributed by atoms with E-state index in [1.54, 1.807) is 0 Å². The highest BCUT2D eigenvalue weighted by Crippen LogP contribution is 2.35. The molecule has 0 radical (unpaired) electrons. The molecule has 0 saturated heterocycles. The van der Waals surface area contributed by atoms with E-state index in [2.05, 4.69) is 5.32 Å². The first kappa shape index (κ1) is 16.5. The lowest BCUT2D eigenvalue weighted by Gasteiger charge is -2.18. The largest absolute Gasteiger partial charge is 0.416 e. The molecule has 0 aliphatic heterocycles. The maximum atomic E-state index is 12.7. The fraction of sp³-hybridized carbons (Fsp3) is 0.462. The Morgan fingerprint density at radius 2 is 2.10 bits per heavy atom. The van der Waals surface area contributed by atoms with Crippen LogP contribution < -0.4 is 11.1 Å². The smallest absolute Gasteiger partial charge is 0.388 e. The second-order valence-corrected chi connectivity index (χ2v) is 4.43. The molecule has 1 atom stereocenters. The predicted molar refractivity (Wildman–Crippen MR) is 69.0 cm³/mol. The first-order chi connectivity index (χ1) is 9.25. The van der Waals surface area contributed by atoms with Crippen molar-refractivity contribution in [1.82, 2.24) is 0 Å². The van der Waals surface area contributed by atoms with Gasteiger partial charge in [0.15, 0.2) is 0 Å². The molecule has 1 rings (SSSR count). The molecule has 1 unspecified atom stereocenters. The number of aliphatic hydroxyl groups is 1. The maximum Gasteiger partial charge on any atom is 0.416 e. The summed E-state index contributed by atoms with van der Waals surface area (Å²) in [5.41, 5.74) is 4.67. The lowest BCUT2D eigenvalue weighted by Crippen LogP contribution is -2.13. The summed E-state index contributed by atoms with van der Waals surface area (Å²) in [4.78, 5) is 11.0. The summed E-state index contributed by atoms with van der Waals surface area (Å²) < 4.78 is 38.1. The van der Waals surface area contributed by atoms with Crippen LogP contribution in [0.3, 0.4) is 0 Å². The van der Waals surface area contributed by atoms with Crippen LogP contribution in [0.1, 0.15) is 37.0 Å². The fourth-order valence-electron chi connectivity index (χ4n) is 1.78. The summed E-state index contributed by atoms with van der Waals surface area (Å²) >= 11 is 0. The zero-order valence-corrected chi connectivity index (χ0v) is 11.0. The molecule has 4 N–H and O–H groups in total. The number of alkyl halides is 3. The average Bonchev–Trinajstić information content (AvgIpc) is 2.34. The van der Waals surface area contributed by atoms with Crippen LogP contribution in [0, 0.1) is 0 Å². The molecule has 0 aromatic heterocycles. The van der Waals surface area contributed by atoms with Crippen molar-refractivity contribution in [1.29, 1.82) is 0 Å². The number of hydrogen-bond donors (Lipinski definition) is 3. The van der Waals surface area contributed by atoms with Crippen LogP contribution in [0.4, 0.5) is 18.9 Å². The van der Waals surface area contributed by atoms with Crippen LogP contribution in [-0.4, -0.2) is 17.6 Å². The van der Waals surface area contributed by atoms with Gasteiger partial charge in [-0.2, -0.15) is 13.2 Å². The zero-order valence-electron chi connectivity index (χ0n) is 11.0. The van der Waals surface area contributed by atoms with E-state index in [9.17, 15) is 23.1 Å². The Labute approximate surface area is 114 Å². The molecule has 1 amide bonds. The van der Waals surface area contributed by atoms with Gasteiger partial charge in [0.05, 0.1) is 11.7 Å². The Morgan fingerprint density at radius 1 is 1.45 bits per heavy atom. The minimum Gasteiger partial charge on any atom is -0.388 e. The van der Waals surface area contributed by atoms with Crippen molar-refractivity contribution in [2.75, 3.05) is 11.9 Å². The van der Waals surface area contributed by atoms with Gasteiger partial charge in [-0.1, -0.05) is 0 Å². The first-order valence-corrected chi connectivity index (χ1v) is 6.12. The Bertz CT molecular complexity index is 475. The third-order valence-electron chi connectivity index (χ3n) is 2.73. The van der Waals surface area contributed by atoms with Gasteiger partial charge in [-0.3, -0.25) is 4.79 Å². The summed E-state index contributed by atoms with van der Waals surface area (Å²) in [5, 5.41) is 12.4. The van der Waals surface area contributed by atoms with E-state index in [1.807, 2.05) is 0 Å². The lowest BCUT2D eigenvalue weighted by molar-refractivity contribution is -0.137. The van der Waals surface area contributed by atoms with Crippen LogP contribution in [0.5, 0.6) is 0 Å². The highest BCUT2D eigenvalue weighted by atomic mass is 19.4. The predicted octanol–water partition coefficient (Wildman–Crippen LogP) is 2.44. The van der Waals surface area contributed by atoms with Crippen molar-refractivity contribution < 1.29 is 23.1 Å². The molecular formula is C13H17F3N2O2. The number of hydrogen-bond acceptors (Lipinski definition) is 3. The van der Waals surface area contributed by atoms with Crippen LogP contribution in [0.25, 0.3) is 0 Å². The third kappa shape index (κ3) is 4.50. The lowest BCUT2D eigenvalue weighted by atomic mass is 9.99. The van der Waals surface area contributed by atoms with E-state index < -0.39 is 23.8 Å². The van der Waals surface area contributed by atoms with Gasteiger partial charge in [0.1, 0.15) is 0 Å². The molecule has 1 aromatic rings. The van der Waals surface area contributed by atoms with Crippen LogP contribution in [0.15, 0.2) is 18.2 Å². The number of amides is 1. The maximum absolute atomic E-state index is 12.7. The number of halogens is 3. The summed E-state index contributed by atoms with van der Waals surface area (Å²) in [5.74, 6) is -0.419. The van der Waals surface area contributed by atoms with Gasteiger partial charge in [0.2, 0.25) is 5.91 Å². The topological polar surface area (TPSA) is 75.3 Å². The van der Waals surface area contributed by atoms with Crippen molar-refractivity contribution in [3.63, 3.8) is 0 Å². The number of rotatable bonds is 5. The van der Waals surface area contributed by atoms with E-state index in [4.69, 9.17) is 5.73 Å². The second kappa shape index (κ2) is 6.71. The van der Waals surface area contributed by atoms with Gasteiger partial charge in [0.25, 0.3) is 0 Å². The van der Waals surface area contributed by atoms with Crippen LogP contribution in [0.2, 0.25) is 0 Å². The summed E-state index contributed by atoms with van der Waals surface area (Å²) in [6.45, 7) is 1.57. The summed E-state index contributed by atoms with van der Waals surface area (Å²) in [7, 11) is 0. The van der Waals surface area contributed by atoms with Crippen molar-refractivity contribution in [3.8, 4) is 0 Å². The minimum absolute atomic E-state index is 0.0449. The molecule has 0 bridgehead atoms. The Hall–Kier alpha value is -1.60. The van der Waals surface area contributed by atoms with E-state index in [0.717, 1.165) is 18.2 Å². The standard InChI is InChI=1S/C13H17F3N2O2/c1-8(19)18-11-5-4-9(13(14,15)16)7-10(11)12(20)3-2-6-17/h4-5,7,12,20H,2-3,6,17H2,1H3,(H,18,19). The summed E-state index contributed by atoms with van der Waals surface area (Å²) in [6, 6.07) is 2.86. The molecule has 7 heteroatoms. The van der Waals surface area contributed by atoms with Crippen LogP contribution in [-0.2, 0) is 11.0 Å². The van der Waals surface area contributed by atoms with Gasteiger partial charge in [0, 0.05) is 18.2 Å². The Kier molecular flexibility index (Phi) is 5.52. The minimum atomic E-state index is -4.50. The van der Waals surface area contributed by atoms with E-state index in [1.165, 1.54) is 6.92 Å². The molecular weight excluding hydrogens is 273 g/mol. The number of anilines is 1. The average molecular weight is 290 g/mol. The number of benzene rings is 1. The monoisotopic (exact) mass is 290 g/mol. The van der Waals surface area contributed by atoms with Gasteiger partial charge in [-0.15, -0.1) is 0 Å². The van der Waals surface area contributed by atoms with Crippen molar-refractivity contribution in [2.45, 2.75) is 32.0 Å². The number of carbonyl (C=O) groups excluding carboxylic acids is 1. The Morgan fingerprint density at radius 3 is 2.60 bits per heavy atom. The highest BCUT2D eigenvalue weighted by molar-refractivity contribution is 5.89. The normalized spacial score (nSPS) is 13.1. The number of aliphatic hydroxyl groups excluding tert-OH is 1. The second-order valence-electron chi connectivity index (χ2n) is 4.43. The number of nitrogens with one attached hydrogen (secondary N) is 1. The van der Waals surface area contributed by atoms with E-state index in [-0.39, 0.29) is 17.7 Å². The quantitative estimate of drug-likeness (QED) is 0.779. The van der Waals surface area contributed by atoms with Crippen molar-refractivity contribution in [3.05, 3.63) is 29.3 Å².